The minimum atomic E-state index is -1.15. The Bertz CT molecular complexity index is 286. The first-order valence-electron chi connectivity index (χ1n) is 7.55. The number of hydrogen-bond acceptors (Lipinski definition) is 1. The molecule has 0 saturated heterocycles. The molecule has 102 valence electrons. The molecule has 1 aromatic rings. The molecule has 1 atom stereocenters. The van der Waals surface area contributed by atoms with Crippen molar-refractivity contribution in [3.8, 4) is 0 Å². The van der Waals surface area contributed by atoms with E-state index in [2.05, 4.69) is 44.2 Å². The van der Waals surface area contributed by atoms with Gasteiger partial charge in [-0.1, -0.05) is 75.8 Å². The highest BCUT2D eigenvalue weighted by molar-refractivity contribution is 6.67. The van der Waals surface area contributed by atoms with E-state index in [0.29, 0.717) is 0 Å². The summed E-state index contributed by atoms with van der Waals surface area (Å²) < 4.78 is 5.99. The zero-order valence-corrected chi connectivity index (χ0v) is 13.2. The second-order valence-corrected chi connectivity index (χ2v) is 7.47. The summed E-state index contributed by atoms with van der Waals surface area (Å²) in [5, 5.41) is 1.47. The second-order valence-electron chi connectivity index (χ2n) is 4.91. The lowest BCUT2D eigenvalue weighted by molar-refractivity contribution is 0.348. The normalized spacial score (nSPS) is 12.6. The third-order valence-electron chi connectivity index (χ3n) is 3.36. The lowest BCUT2D eigenvalue weighted by atomic mass is 10.1. The van der Waals surface area contributed by atoms with Gasteiger partial charge >= 0.3 is 0 Å². The highest BCUT2D eigenvalue weighted by Gasteiger charge is 2.13. The lowest BCUT2D eigenvalue weighted by Gasteiger charge is -2.15. The second kappa shape index (κ2) is 10.3. The van der Waals surface area contributed by atoms with Gasteiger partial charge in [0.25, 0.3) is 0 Å². The highest BCUT2D eigenvalue weighted by atomic mass is 28.3. The summed E-state index contributed by atoms with van der Waals surface area (Å²) in [7, 11) is -1.15. The Hall–Kier alpha value is -0.603. The Balaban J connectivity index is 2.26. The molecule has 0 aromatic heterocycles. The SMILES string of the molecule is CCCCCCCC[SiH](OCC)c1ccccc1. The molecule has 0 bridgehead atoms. The fraction of sp³-hybridized carbons (Fsp3) is 0.625. The van der Waals surface area contributed by atoms with E-state index in [9.17, 15) is 0 Å². The van der Waals surface area contributed by atoms with Gasteiger partial charge in [0.05, 0.1) is 0 Å². The van der Waals surface area contributed by atoms with Crippen molar-refractivity contribution in [2.75, 3.05) is 6.61 Å². The van der Waals surface area contributed by atoms with Crippen LogP contribution >= 0.6 is 0 Å². The van der Waals surface area contributed by atoms with E-state index in [-0.39, 0.29) is 0 Å². The van der Waals surface area contributed by atoms with Crippen molar-refractivity contribution in [2.45, 2.75) is 58.4 Å². The molecule has 1 rings (SSSR count). The molecular weight excluding hydrogens is 236 g/mol. The summed E-state index contributed by atoms with van der Waals surface area (Å²) in [6.45, 7) is 5.25. The minimum absolute atomic E-state index is 0.863. The van der Waals surface area contributed by atoms with E-state index in [0.717, 1.165) is 6.61 Å². The van der Waals surface area contributed by atoms with Crippen LogP contribution in [0.3, 0.4) is 0 Å². The third kappa shape index (κ3) is 6.36. The van der Waals surface area contributed by atoms with Crippen LogP contribution in [0.4, 0.5) is 0 Å². The Morgan fingerprint density at radius 3 is 2.22 bits per heavy atom. The van der Waals surface area contributed by atoms with E-state index in [1.807, 2.05) is 0 Å². The molecule has 0 amide bonds. The Kier molecular flexibility index (Phi) is 8.87. The van der Waals surface area contributed by atoms with Gasteiger partial charge in [-0.3, -0.25) is 0 Å². The van der Waals surface area contributed by atoms with Gasteiger partial charge in [0.2, 0.25) is 9.04 Å². The van der Waals surface area contributed by atoms with Crippen LogP contribution in [0.2, 0.25) is 6.04 Å². The number of unbranched alkanes of at least 4 members (excludes halogenated alkanes) is 5. The van der Waals surface area contributed by atoms with Gasteiger partial charge in [-0.25, -0.2) is 0 Å². The largest absolute Gasteiger partial charge is 0.416 e. The molecule has 0 fully saturated rings. The van der Waals surface area contributed by atoms with Crippen molar-refractivity contribution in [3.05, 3.63) is 30.3 Å². The van der Waals surface area contributed by atoms with Crippen molar-refractivity contribution in [3.63, 3.8) is 0 Å². The minimum Gasteiger partial charge on any atom is -0.416 e. The van der Waals surface area contributed by atoms with Crippen molar-refractivity contribution < 1.29 is 4.43 Å². The fourth-order valence-corrected chi connectivity index (χ4v) is 4.73. The number of rotatable bonds is 10. The van der Waals surface area contributed by atoms with E-state index in [1.54, 1.807) is 0 Å². The molecule has 2 heteroatoms. The fourth-order valence-electron chi connectivity index (χ4n) is 2.33. The smallest absolute Gasteiger partial charge is 0.208 e. The van der Waals surface area contributed by atoms with Crippen molar-refractivity contribution >= 4 is 14.2 Å². The van der Waals surface area contributed by atoms with Crippen molar-refractivity contribution in [2.24, 2.45) is 0 Å². The van der Waals surface area contributed by atoms with E-state index >= 15 is 0 Å². The summed E-state index contributed by atoms with van der Waals surface area (Å²) in [6, 6.07) is 12.1. The van der Waals surface area contributed by atoms with E-state index < -0.39 is 9.04 Å². The molecule has 1 unspecified atom stereocenters. The van der Waals surface area contributed by atoms with Crippen LogP contribution in [0, 0.1) is 0 Å². The van der Waals surface area contributed by atoms with Gasteiger partial charge in [-0.15, -0.1) is 0 Å². The van der Waals surface area contributed by atoms with Crippen LogP contribution in [0.15, 0.2) is 30.3 Å². The highest BCUT2D eigenvalue weighted by Crippen LogP contribution is 2.10. The van der Waals surface area contributed by atoms with Crippen LogP contribution in [-0.4, -0.2) is 15.6 Å². The quantitative estimate of drug-likeness (QED) is 0.458. The molecular formula is C16H28OSi. The standard InChI is InChI=1S/C16H28OSi/c1-3-5-6-7-8-12-15-18(17-4-2)16-13-10-9-11-14-16/h9-11,13-14,18H,3-8,12,15H2,1-2H3. The van der Waals surface area contributed by atoms with Crippen LogP contribution < -0.4 is 5.19 Å². The first kappa shape index (κ1) is 15.5. The maximum absolute atomic E-state index is 5.99. The summed E-state index contributed by atoms with van der Waals surface area (Å²) in [5.74, 6) is 0. The maximum Gasteiger partial charge on any atom is 0.208 e. The predicted molar refractivity (Wildman–Crippen MR) is 83.0 cm³/mol. The Morgan fingerprint density at radius 1 is 0.889 bits per heavy atom. The number of benzene rings is 1. The van der Waals surface area contributed by atoms with Crippen molar-refractivity contribution in [1.82, 2.24) is 0 Å². The van der Waals surface area contributed by atoms with E-state index in [4.69, 9.17) is 4.43 Å². The Morgan fingerprint density at radius 2 is 1.56 bits per heavy atom. The van der Waals surface area contributed by atoms with Gasteiger partial charge in [-0.2, -0.15) is 0 Å². The molecule has 0 heterocycles. The maximum atomic E-state index is 5.99. The van der Waals surface area contributed by atoms with Crippen LogP contribution in [-0.2, 0) is 4.43 Å². The average molecular weight is 264 g/mol. The topological polar surface area (TPSA) is 9.23 Å². The molecule has 0 N–H and O–H groups in total. The molecule has 0 saturated carbocycles. The molecule has 18 heavy (non-hydrogen) atoms. The van der Waals surface area contributed by atoms with E-state index in [1.165, 1.54) is 49.8 Å². The molecule has 0 aliphatic carbocycles. The summed E-state index contributed by atoms with van der Waals surface area (Å²) in [6.07, 6.45) is 8.25. The molecule has 0 aliphatic rings. The van der Waals surface area contributed by atoms with Gasteiger partial charge in [0.1, 0.15) is 0 Å². The summed E-state index contributed by atoms with van der Waals surface area (Å²) in [4.78, 5) is 0. The Labute approximate surface area is 114 Å². The van der Waals surface area contributed by atoms with Gasteiger partial charge in [0, 0.05) is 6.61 Å². The van der Waals surface area contributed by atoms with Gasteiger partial charge in [-0.05, 0) is 18.2 Å². The molecule has 0 radical (unpaired) electrons. The summed E-state index contributed by atoms with van der Waals surface area (Å²) in [5.41, 5.74) is 0. The van der Waals surface area contributed by atoms with Gasteiger partial charge in [0.15, 0.2) is 0 Å². The monoisotopic (exact) mass is 264 g/mol. The molecule has 1 nitrogen and oxygen atoms in total. The number of hydrogen-bond donors (Lipinski definition) is 0. The van der Waals surface area contributed by atoms with Crippen molar-refractivity contribution in [1.29, 1.82) is 0 Å². The predicted octanol–water partition coefficient (Wildman–Crippen LogP) is 4.01. The zero-order chi connectivity index (χ0) is 13.1. The van der Waals surface area contributed by atoms with Crippen LogP contribution in [0.1, 0.15) is 52.4 Å². The van der Waals surface area contributed by atoms with Crippen LogP contribution in [0.5, 0.6) is 0 Å². The molecule has 0 aliphatic heterocycles. The average Bonchev–Trinajstić information content (AvgIpc) is 2.42. The molecule has 1 aromatic carbocycles. The first-order chi connectivity index (χ1) is 8.88. The zero-order valence-electron chi connectivity index (χ0n) is 12.0. The van der Waals surface area contributed by atoms with Gasteiger partial charge < -0.3 is 4.43 Å². The summed E-state index contributed by atoms with van der Waals surface area (Å²) >= 11 is 0. The first-order valence-corrected chi connectivity index (χ1v) is 9.41. The molecule has 0 spiro atoms. The van der Waals surface area contributed by atoms with Crippen LogP contribution in [0.25, 0.3) is 0 Å². The third-order valence-corrected chi connectivity index (χ3v) is 6.16. The lowest BCUT2D eigenvalue weighted by Crippen LogP contribution is -2.33.